The van der Waals surface area contributed by atoms with Gasteiger partial charge in [0.05, 0.1) is 18.3 Å². The highest BCUT2D eigenvalue weighted by Gasteiger charge is 2.24. The number of carboxylic acids is 1. The molecule has 1 N–H and O–H groups in total. The fourth-order valence-electron chi connectivity index (χ4n) is 4.82. The molecule has 1 unspecified atom stereocenters. The number of sulfone groups is 1. The second-order valence-corrected chi connectivity index (χ2v) is 12.0. The number of carboxylic acid groups (broad SMARTS) is 1. The number of ether oxygens (including phenoxy) is 2. The molecule has 0 bridgehead atoms. The van der Waals surface area contributed by atoms with Gasteiger partial charge in [-0.1, -0.05) is 24.3 Å². The van der Waals surface area contributed by atoms with Crippen LogP contribution in [-0.2, 0) is 34.1 Å². The fourth-order valence-corrected chi connectivity index (χ4v) is 5.46. The molecule has 0 fully saturated rings. The minimum absolute atomic E-state index is 0.0918. The van der Waals surface area contributed by atoms with Crippen LogP contribution in [0.15, 0.2) is 48.5 Å². The van der Waals surface area contributed by atoms with Crippen molar-refractivity contribution < 1.29 is 27.8 Å². The topological polar surface area (TPSA) is 103 Å². The molecular formula is C29H33NO6S. The van der Waals surface area contributed by atoms with Crippen LogP contribution in [0.4, 0.5) is 0 Å². The van der Waals surface area contributed by atoms with Gasteiger partial charge in [-0.3, -0.25) is 4.79 Å². The molecule has 4 rings (SSSR count). The third kappa shape index (κ3) is 7.10. The van der Waals surface area contributed by atoms with Gasteiger partial charge in [0, 0.05) is 23.6 Å². The molecule has 1 atom stereocenters. The summed E-state index contributed by atoms with van der Waals surface area (Å²) in [5.74, 6) is 0.342. The lowest BCUT2D eigenvalue weighted by atomic mass is 9.84. The minimum atomic E-state index is -3.00. The van der Waals surface area contributed by atoms with Crippen LogP contribution in [0.5, 0.6) is 11.6 Å². The van der Waals surface area contributed by atoms with Crippen LogP contribution in [-0.4, -0.2) is 43.1 Å². The first-order valence-electron chi connectivity index (χ1n) is 12.4. The summed E-state index contributed by atoms with van der Waals surface area (Å²) >= 11 is 0. The van der Waals surface area contributed by atoms with Gasteiger partial charge in [-0.05, 0) is 85.5 Å². The Hall–Kier alpha value is -3.39. The van der Waals surface area contributed by atoms with Crippen molar-refractivity contribution in [1.82, 2.24) is 4.98 Å². The third-order valence-corrected chi connectivity index (χ3v) is 7.69. The van der Waals surface area contributed by atoms with Crippen LogP contribution in [0.2, 0.25) is 0 Å². The van der Waals surface area contributed by atoms with Crippen molar-refractivity contribution in [1.29, 1.82) is 0 Å². The number of hydrogen-bond donors (Lipinski definition) is 1. The normalized spacial score (nSPS) is 15.2. The summed E-state index contributed by atoms with van der Waals surface area (Å²) in [6.07, 6.45) is 3.63. The molecule has 0 spiro atoms. The monoisotopic (exact) mass is 523 g/mol. The Kier molecular flexibility index (Phi) is 8.17. The van der Waals surface area contributed by atoms with E-state index in [0.717, 1.165) is 45.7 Å². The van der Waals surface area contributed by atoms with Gasteiger partial charge in [-0.25, -0.2) is 13.4 Å². The molecule has 1 aliphatic rings. The number of aromatic nitrogens is 1. The maximum absolute atomic E-state index is 11.3. The summed E-state index contributed by atoms with van der Waals surface area (Å²) in [7, 11) is -3.00. The van der Waals surface area contributed by atoms with E-state index in [1.165, 1.54) is 11.8 Å². The Balaban J connectivity index is 1.41. The molecule has 2 aromatic carbocycles. The van der Waals surface area contributed by atoms with E-state index in [4.69, 9.17) is 9.47 Å². The first kappa shape index (κ1) is 26.7. The van der Waals surface area contributed by atoms with Gasteiger partial charge in [-0.15, -0.1) is 0 Å². The zero-order valence-electron chi connectivity index (χ0n) is 21.5. The number of nitrogens with zero attached hydrogens (tertiary/aromatic N) is 1. The van der Waals surface area contributed by atoms with Gasteiger partial charge in [-0.2, -0.15) is 0 Å². The highest BCUT2D eigenvalue weighted by atomic mass is 32.2. The van der Waals surface area contributed by atoms with Gasteiger partial charge in [0.1, 0.15) is 22.2 Å². The van der Waals surface area contributed by atoms with E-state index in [-0.39, 0.29) is 11.7 Å². The second kappa shape index (κ2) is 11.3. The number of benzene rings is 2. The van der Waals surface area contributed by atoms with Gasteiger partial charge in [0.2, 0.25) is 5.88 Å². The largest absolute Gasteiger partial charge is 0.489 e. The summed E-state index contributed by atoms with van der Waals surface area (Å²) in [4.78, 5) is 15.9. The molecule has 0 aliphatic heterocycles. The van der Waals surface area contributed by atoms with Crippen molar-refractivity contribution >= 4 is 15.8 Å². The Morgan fingerprint density at radius 2 is 1.89 bits per heavy atom. The lowest BCUT2D eigenvalue weighted by molar-refractivity contribution is -0.142. The fraction of sp³-hybridized carbons (Fsp3) is 0.379. The Bertz CT molecular complexity index is 1380. The van der Waals surface area contributed by atoms with Crippen LogP contribution in [0, 0.1) is 19.8 Å². The van der Waals surface area contributed by atoms with Crippen molar-refractivity contribution in [2.45, 2.75) is 46.1 Å². The van der Waals surface area contributed by atoms with E-state index < -0.39 is 15.8 Å². The van der Waals surface area contributed by atoms with Crippen molar-refractivity contribution in [2.24, 2.45) is 5.92 Å². The molecule has 196 valence electrons. The van der Waals surface area contributed by atoms with E-state index >= 15 is 0 Å². The molecule has 0 radical (unpaired) electrons. The van der Waals surface area contributed by atoms with Crippen LogP contribution < -0.4 is 9.47 Å². The first-order chi connectivity index (χ1) is 17.6. The smallest absolute Gasteiger partial charge is 0.306 e. The predicted octanol–water partition coefficient (Wildman–Crippen LogP) is 4.95. The van der Waals surface area contributed by atoms with Gasteiger partial charge >= 0.3 is 5.97 Å². The zero-order valence-corrected chi connectivity index (χ0v) is 22.3. The molecule has 0 saturated carbocycles. The molecule has 1 aromatic heterocycles. The Morgan fingerprint density at radius 1 is 1.08 bits per heavy atom. The number of hydrogen-bond acceptors (Lipinski definition) is 6. The maximum Gasteiger partial charge on any atom is 0.306 e. The Labute approximate surface area is 218 Å². The number of carbonyl (C=O) groups is 1. The number of aryl methyl sites for hydroxylation is 3. The van der Waals surface area contributed by atoms with Gasteiger partial charge < -0.3 is 14.6 Å². The summed E-state index contributed by atoms with van der Waals surface area (Å²) in [6, 6.07) is 16.0. The standard InChI is InChI=1S/C29H33NO6S/c1-19-14-27(35-12-5-13-37(3,33)34)30-20(2)28(19)24-7-4-6-21(15-24)18-36-26-11-10-22-16-25(29(31)32)9-8-23(22)17-26/h4,6-7,10-11,14-15,17,25H,5,8-9,12-13,16,18H2,1-3H3,(H,31,32). The summed E-state index contributed by atoms with van der Waals surface area (Å²) < 4.78 is 34.4. The van der Waals surface area contributed by atoms with Crippen molar-refractivity contribution in [3.63, 3.8) is 0 Å². The third-order valence-electron chi connectivity index (χ3n) is 6.66. The van der Waals surface area contributed by atoms with E-state index in [0.29, 0.717) is 38.4 Å². The van der Waals surface area contributed by atoms with E-state index in [1.54, 1.807) is 0 Å². The molecule has 1 aliphatic carbocycles. The van der Waals surface area contributed by atoms with Crippen LogP contribution in [0.3, 0.4) is 0 Å². The molecule has 1 heterocycles. The quantitative estimate of drug-likeness (QED) is 0.375. The second-order valence-electron chi connectivity index (χ2n) is 9.77. The average molecular weight is 524 g/mol. The summed E-state index contributed by atoms with van der Waals surface area (Å²) in [6.45, 7) is 4.67. The SMILES string of the molecule is Cc1cc(OCCCS(C)(=O)=O)nc(C)c1-c1cccc(COc2ccc3c(c2)CCC(C(=O)O)C3)c1. The molecule has 3 aromatic rings. The molecule has 0 amide bonds. The predicted molar refractivity (Wildman–Crippen MR) is 143 cm³/mol. The molecular weight excluding hydrogens is 490 g/mol. The molecule has 37 heavy (non-hydrogen) atoms. The molecule has 0 saturated heterocycles. The highest BCUT2D eigenvalue weighted by molar-refractivity contribution is 7.90. The first-order valence-corrected chi connectivity index (χ1v) is 14.5. The zero-order chi connectivity index (χ0) is 26.6. The van der Waals surface area contributed by atoms with Crippen LogP contribution >= 0.6 is 0 Å². The summed E-state index contributed by atoms with van der Waals surface area (Å²) in [5, 5.41) is 9.30. The van der Waals surface area contributed by atoms with Gasteiger partial charge in [0.25, 0.3) is 0 Å². The Morgan fingerprint density at radius 3 is 2.62 bits per heavy atom. The van der Waals surface area contributed by atoms with E-state index in [2.05, 4.69) is 11.1 Å². The number of fused-ring (bicyclic) bond motifs is 1. The van der Waals surface area contributed by atoms with Crippen molar-refractivity contribution in [3.8, 4) is 22.8 Å². The van der Waals surface area contributed by atoms with Crippen molar-refractivity contribution in [3.05, 3.63) is 76.5 Å². The number of pyridine rings is 1. The van der Waals surface area contributed by atoms with E-state index in [1.807, 2.05) is 56.3 Å². The summed E-state index contributed by atoms with van der Waals surface area (Å²) in [5.41, 5.74) is 7.23. The lowest BCUT2D eigenvalue weighted by Crippen LogP contribution is -2.22. The number of aliphatic carboxylic acids is 1. The average Bonchev–Trinajstić information content (AvgIpc) is 2.84. The molecule has 7 nitrogen and oxygen atoms in total. The lowest BCUT2D eigenvalue weighted by Gasteiger charge is -2.22. The highest BCUT2D eigenvalue weighted by Crippen LogP contribution is 2.31. The maximum atomic E-state index is 11.3. The molecule has 8 heteroatoms. The number of rotatable bonds is 10. The van der Waals surface area contributed by atoms with Crippen LogP contribution in [0.1, 0.15) is 40.8 Å². The minimum Gasteiger partial charge on any atom is -0.489 e. The van der Waals surface area contributed by atoms with Crippen molar-refractivity contribution in [2.75, 3.05) is 18.6 Å². The van der Waals surface area contributed by atoms with Crippen LogP contribution in [0.25, 0.3) is 11.1 Å². The van der Waals surface area contributed by atoms with Gasteiger partial charge in [0.15, 0.2) is 0 Å². The van der Waals surface area contributed by atoms with E-state index in [9.17, 15) is 18.3 Å².